The van der Waals surface area contributed by atoms with Crippen LogP contribution in [0.2, 0.25) is 0 Å². The summed E-state index contributed by atoms with van der Waals surface area (Å²) in [5.74, 6) is 0. The normalized spacial score (nSPS) is 13.0. The number of benzene rings is 1. The number of aryl methyl sites for hydroxylation is 1. The molecule has 0 aromatic heterocycles. The van der Waals surface area contributed by atoms with E-state index < -0.39 is 0 Å². The van der Waals surface area contributed by atoms with Crippen LogP contribution in [0.25, 0.3) is 0 Å². The van der Waals surface area contributed by atoms with Gasteiger partial charge in [-0.3, -0.25) is 0 Å². The summed E-state index contributed by atoms with van der Waals surface area (Å²) in [5.41, 5.74) is 6.66. The maximum Gasteiger partial charge on any atom is 0.0552 e. The second-order valence-electron chi connectivity index (χ2n) is 4.28. The molecule has 0 aliphatic heterocycles. The van der Waals surface area contributed by atoms with Crippen molar-refractivity contribution in [1.82, 2.24) is 0 Å². The number of aliphatic hydroxyl groups is 1. The highest BCUT2D eigenvalue weighted by molar-refractivity contribution is 5.43. The lowest BCUT2D eigenvalue weighted by atomic mass is 9.92. The first-order chi connectivity index (χ1) is 6.43. The standard InChI is InChI=1S/C13H20O/c1-8-6-13(7-9(2)14)12(5)11(4)10(8)3/h6,9,14H,7H2,1-5H3. The molecule has 1 aromatic carbocycles. The molecule has 0 amide bonds. The number of rotatable bonds is 2. The molecule has 0 fully saturated rings. The Morgan fingerprint density at radius 1 is 1.07 bits per heavy atom. The number of aliphatic hydroxyl groups excluding tert-OH is 1. The van der Waals surface area contributed by atoms with Crippen LogP contribution in [-0.2, 0) is 6.42 Å². The summed E-state index contributed by atoms with van der Waals surface area (Å²) in [4.78, 5) is 0. The Morgan fingerprint density at radius 2 is 1.64 bits per heavy atom. The van der Waals surface area contributed by atoms with Crippen LogP contribution in [0.5, 0.6) is 0 Å². The molecule has 0 saturated heterocycles. The molecule has 0 aliphatic rings. The zero-order valence-corrected chi connectivity index (χ0v) is 9.81. The average molecular weight is 192 g/mol. The summed E-state index contributed by atoms with van der Waals surface area (Å²) < 4.78 is 0. The first-order valence-corrected chi connectivity index (χ1v) is 5.17. The van der Waals surface area contributed by atoms with E-state index in [1.165, 1.54) is 27.8 Å². The van der Waals surface area contributed by atoms with Crippen molar-refractivity contribution in [1.29, 1.82) is 0 Å². The van der Waals surface area contributed by atoms with Gasteiger partial charge in [0.15, 0.2) is 0 Å². The molecular formula is C13H20O. The highest BCUT2D eigenvalue weighted by atomic mass is 16.3. The minimum absolute atomic E-state index is 0.254. The van der Waals surface area contributed by atoms with Gasteiger partial charge >= 0.3 is 0 Å². The Labute approximate surface area is 86.8 Å². The van der Waals surface area contributed by atoms with E-state index in [1.807, 2.05) is 6.92 Å². The summed E-state index contributed by atoms with van der Waals surface area (Å²) >= 11 is 0. The predicted molar refractivity (Wildman–Crippen MR) is 60.8 cm³/mol. The van der Waals surface area contributed by atoms with Crippen LogP contribution in [0.15, 0.2) is 6.07 Å². The fourth-order valence-corrected chi connectivity index (χ4v) is 1.83. The summed E-state index contributed by atoms with van der Waals surface area (Å²) in [6, 6.07) is 2.20. The van der Waals surface area contributed by atoms with Gasteiger partial charge in [-0.05, 0) is 68.9 Å². The van der Waals surface area contributed by atoms with Gasteiger partial charge in [0.1, 0.15) is 0 Å². The van der Waals surface area contributed by atoms with Crippen molar-refractivity contribution in [3.8, 4) is 0 Å². The van der Waals surface area contributed by atoms with Crippen LogP contribution in [0.4, 0.5) is 0 Å². The molecule has 1 unspecified atom stereocenters. The van der Waals surface area contributed by atoms with Crippen LogP contribution in [0, 0.1) is 27.7 Å². The third-order valence-electron chi connectivity index (χ3n) is 3.10. The third kappa shape index (κ3) is 2.16. The maximum absolute atomic E-state index is 9.38. The summed E-state index contributed by atoms with van der Waals surface area (Å²) in [5, 5.41) is 9.38. The highest BCUT2D eigenvalue weighted by Gasteiger charge is 2.08. The van der Waals surface area contributed by atoms with Crippen molar-refractivity contribution in [2.24, 2.45) is 0 Å². The van der Waals surface area contributed by atoms with Crippen molar-refractivity contribution in [2.75, 3.05) is 0 Å². The van der Waals surface area contributed by atoms with E-state index >= 15 is 0 Å². The van der Waals surface area contributed by atoms with Gasteiger partial charge in [-0.1, -0.05) is 6.07 Å². The molecule has 0 heterocycles. The molecule has 0 bridgehead atoms. The van der Waals surface area contributed by atoms with E-state index in [4.69, 9.17) is 0 Å². The van der Waals surface area contributed by atoms with Crippen LogP contribution in [-0.4, -0.2) is 11.2 Å². The van der Waals surface area contributed by atoms with Crippen molar-refractivity contribution >= 4 is 0 Å². The van der Waals surface area contributed by atoms with E-state index in [-0.39, 0.29) is 6.10 Å². The Morgan fingerprint density at radius 3 is 2.14 bits per heavy atom. The van der Waals surface area contributed by atoms with Crippen LogP contribution in [0.1, 0.15) is 34.7 Å². The Hall–Kier alpha value is -0.820. The molecule has 14 heavy (non-hydrogen) atoms. The smallest absolute Gasteiger partial charge is 0.0552 e. The minimum Gasteiger partial charge on any atom is -0.393 e. The van der Waals surface area contributed by atoms with Crippen LogP contribution >= 0.6 is 0 Å². The van der Waals surface area contributed by atoms with Gasteiger partial charge in [0.25, 0.3) is 0 Å². The van der Waals surface area contributed by atoms with Gasteiger partial charge in [-0.2, -0.15) is 0 Å². The quantitative estimate of drug-likeness (QED) is 0.764. The number of hydrogen-bond donors (Lipinski definition) is 1. The molecule has 1 N–H and O–H groups in total. The Kier molecular flexibility index (Phi) is 3.33. The molecular weight excluding hydrogens is 172 g/mol. The fourth-order valence-electron chi connectivity index (χ4n) is 1.83. The number of hydrogen-bond acceptors (Lipinski definition) is 1. The van der Waals surface area contributed by atoms with E-state index in [1.54, 1.807) is 0 Å². The van der Waals surface area contributed by atoms with E-state index in [2.05, 4.69) is 33.8 Å². The second-order valence-corrected chi connectivity index (χ2v) is 4.28. The molecule has 78 valence electrons. The zero-order chi connectivity index (χ0) is 10.9. The molecule has 0 radical (unpaired) electrons. The first-order valence-electron chi connectivity index (χ1n) is 5.17. The third-order valence-corrected chi connectivity index (χ3v) is 3.10. The topological polar surface area (TPSA) is 20.2 Å². The molecule has 1 nitrogen and oxygen atoms in total. The first kappa shape index (κ1) is 11.3. The minimum atomic E-state index is -0.254. The van der Waals surface area contributed by atoms with Gasteiger partial charge in [0.05, 0.1) is 6.10 Å². The van der Waals surface area contributed by atoms with E-state index in [0.717, 1.165) is 6.42 Å². The van der Waals surface area contributed by atoms with Gasteiger partial charge in [0.2, 0.25) is 0 Å². The van der Waals surface area contributed by atoms with Gasteiger partial charge in [-0.15, -0.1) is 0 Å². The Balaban J connectivity index is 3.19. The largest absolute Gasteiger partial charge is 0.393 e. The van der Waals surface area contributed by atoms with Gasteiger partial charge < -0.3 is 5.11 Å². The lowest BCUT2D eigenvalue weighted by Crippen LogP contribution is -2.07. The fraction of sp³-hybridized carbons (Fsp3) is 0.538. The molecule has 1 aromatic rings. The molecule has 1 heteroatoms. The Bertz CT molecular complexity index is 338. The summed E-state index contributed by atoms with van der Waals surface area (Å²) in [7, 11) is 0. The van der Waals surface area contributed by atoms with E-state index in [9.17, 15) is 5.11 Å². The van der Waals surface area contributed by atoms with Crippen molar-refractivity contribution in [3.63, 3.8) is 0 Å². The highest BCUT2D eigenvalue weighted by Crippen LogP contribution is 2.22. The van der Waals surface area contributed by atoms with Crippen molar-refractivity contribution in [3.05, 3.63) is 33.9 Å². The predicted octanol–water partition coefficient (Wildman–Crippen LogP) is 2.84. The van der Waals surface area contributed by atoms with Gasteiger partial charge in [0, 0.05) is 0 Å². The SMILES string of the molecule is Cc1cc(CC(C)O)c(C)c(C)c1C. The van der Waals surface area contributed by atoms with Crippen LogP contribution in [0.3, 0.4) is 0 Å². The van der Waals surface area contributed by atoms with E-state index in [0.29, 0.717) is 0 Å². The monoisotopic (exact) mass is 192 g/mol. The summed E-state index contributed by atoms with van der Waals surface area (Å²) in [6.45, 7) is 10.4. The maximum atomic E-state index is 9.38. The molecule has 0 aliphatic carbocycles. The van der Waals surface area contributed by atoms with Crippen molar-refractivity contribution in [2.45, 2.75) is 47.1 Å². The second kappa shape index (κ2) is 4.14. The van der Waals surface area contributed by atoms with Gasteiger partial charge in [-0.25, -0.2) is 0 Å². The summed E-state index contributed by atoms with van der Waals surface area (Å²) in [6.07, 6.45) is 0.503. The molecule has 0 spiro atoms. The lowest BCUT2D eigenvalue weighted by Gasteiger charge is -2.15. The van der Waals surface area contributed by atoms with Crippen LogP contribution < -0.4 is 0 Å². The lowest BCUT2D eigenvalue weighted by molar-refractivity contribution is 0.195. The molecule has 1 atom stereocenters. The van der Waals surface area contributed by atoms with Crippen molar-refractivity contribution < 1.29 is 5.11 Å². The zero-order valence-electron chi connectivity index (χ0n) is 9.81. The average Bonchev–Trinajstić information content (AvgIpc) is 2.10. The molecule has 1 rings (SSSR count). The molecule has 0 saturated carbocycles.